The lowest BCUT2D eigenvalue weighted by Crippen LogP contribution is -2.45. The fraction of sp³-hybridized carbons (Fsp3) is 0.467. The largest absolute Gasteiger partial charge is 0.497 e. The summed E-state index contributed by atoms with van der Waals surface area (Å²) in [5.74, 6) is -0.233. The monoisotopic (exact) mass is 294 g/mol. The van der Waals surface area contributed by atoms with Crippen LogP contribution in [0.5, 0.6) is 0 Å². The minimum absolute atomic E-state index is 0.233. The van der Waals surface area contributed by atoms with Gasteiger partial charge in [0.15, 0.2) is 0 Å². The van der Waals surface area contributed by atoms with Gasteiger partial charge in [-0.25, -0.2) is 4.39 Å². The molecule has 5 heteroatoms. The quantitative estimate of drug-likeness (QED) is 0.750. The molecule has 2 aromatic rings. The third-order valence-corrected chi connectivity index (χ3v) is 4.36. The van der Waals surface area contributed by atoms with E-state index < -0.39 is 7.12 Å². The summed E-state index contributed by atoms with van der Waals surface area (Å²) in [7, 11) is -0.665. The van der Waals surface area contributed by atoms with Crippen molar-refractivity contribution in [1.82, 2.24) is 0 Å². The van der Waals surface area contributed by atoms with Gasteiger partial charge < -0.3 is 9.31 Å². The minimum atomic E-state index is -0.665. The highest BCUT2D eigenvalue weighted by atomic mass is 32.1. The van der Waals surface area contributed by atoms with E-state index in [9.17, 15) is 4.39 Å². The van der Waals surface area contributed by atoms with E-state index in [0.29, 0.717) is 16.8 Å². The highest BCUT2D eigenvalue weighted by Gasteiger charge is 2.31. The first kappa shape index (κ1) is 15.5. The molecular formula is C15H20BFO2S. The summed E-state index contributed by atoms with van der Waals surface area (Å²) in [6.07, 6.45) is 0.833. The van der Waals surface area contributed by atoms with Crippen LogP contribution in [0, 0.1) is 5.82 Å². The molecule has 2 rings (SSSR count). The Bertz CT molecular complexity index is 582. The SMILES string of the molecule is CCOB(OC(C)(C)CC)c1ccc2ccsc2c1F. The van der Waals surface area contributed by atoms with Gasteiger partial charge in [-0.3, -0.25) is 0 Å². The molecule has 0 atom stereocenters. The number of benzene rings is 1. The van der Waals surface area contributed by atoms with Gasteiger partial charge in [-0.05, 0) is 44.0 Å². The molecule has 0 unspecified atom stereocenters. The summed E-state index contributed by atoms with van der Waals surface area (Å²) in [6.45, 7) is 8.38. The molecule has 0 fully saturated rings. The van der Waals surface area contributed by atoms with Crippen molar-refractivity contribution in [2.75, 3.05) is 6.61 Å². The zero-order valence-corrected chi connectivity index (χ0v) is 13.2. The molecule has 0 saturated carbocycles. The van der Waals surface area contributed by atoms with Crippen LogP contribution in [0.15, 0.2) is 23.6 Å². The minimum Gasteiger partial charge on any atom is -0.408 e. The molecule has 2 nitrogen and oxygen atoms in total. The predicted molar refractivity (Wildman–Crippen MR) is 84.3 cm³/mol. The molecule has 0 saturated heterocycles. The van der Waals surface area contributed by atoms with Crippen LogP contribution in [-0.2, 0) is 9.31 Å². The Balaban J connectivity index is 2.38. The molecule has 0 radical (unpaired) electrons. The van der Waals surface area contributed by atoms with Crippen LogP contribution in [0.25, 0.3) is 10.1 Å². The number of hydrogen-bond acceptors (Lipinski definition) is 3. The Morgan fingerprint density at radius 3 is 2.65 bits per heavy atom. The summed E-state index contributed by atoms with van der Waals surface area (Å²) in [5, 5.41) is 2.81. The van der Waals surface area contributed by atoms with Crippen molar-refractivity contribution in [2.24, 2.45) is 0 Å². The molecule has 1 aromatic carbocycles. The average Bonchev–Trinajstić information content (AvgIpc) is 2.88. The van der Waals surface area contributed by atoms with Gasteiger partial charge in [0.2, 0.25) is 0 Å². The lowest BCUT2D eigenvalue weighted by Gasteiger charge is -2.28. The third-order valence-electron chi connectivity index (χ3n) is 3.44. The maximum atomic E-state index is 14.6. The Kier molecular flexibility index (Phi) is 4.84. The Morgan fingerprint density at radius 2 is 2.00 bits per heavy atom. The Labute approximate surface area is 124 Å². The molecule has 0 bridgehead atoms. The van der Waals surface area contributed by atoms with E-state index in [-0.39, 0.29) is 11.4 Å². The van der Waals surface area contributed by atoms with Gasteiger partial charge in [-0.2, -0.15) is 0 Å². The van der Waals surface area contributed by atoms with Gasteiger partial charge in [-0.15, -0.1) is 11.3 Å². The molecule has 0 amide bonds. The second-order valence-corrected chi connectivity index (χ2v) is 6.24. The van der Waals surface area contributed by atoms with Gasteiger partial charge in [-0.1, -0.05) is 19.1 Å². The molecule has 108 valence electrons. The van der Waals surface area contributed by atoms with Crippen LogP contribution in [-0.4, -0.2) is 19.3 Å². The van der Waals surface area contributed by atoms with Gasteiger partial charge in [0, 0.05) is 17.7 Å². The van der Waals surface area contributed by atoms with Crippen LogP contribution in [0.2, 0.25) is 0 Å². The first-order chi connectivity index (χ1) is 9.48. The summed E-state index contributed by atoms with van der Waals surface area (Å²) in [6, 6.07) is 5.59. The highest BCUT2D eigenvalue weighted by molar-refractivity contribution is 7.17. The summed E-state index contributed by atoms with van der Waals surface area (Å²) < 4.78 is 26.8. The smallest absolute Gasteiger partial charge is 0.408 e. The van der Waals surface area contributed by atoms with Crippen molar-refractivity contribution in [3.63, 3.8) is 0 Å². The van der Waals surface area contributed by atoms with Crippen LogP contribution >= 0.6 is 11.3 Å². The third kappa shape index (κ3) is 3.22. The molecular weight excluding hydrogens is 274 g/mol. The van der Waals surface area contributed by atoms with Crippen LogP contribution < -0.4 is 5.46 Å². The molecule has 0 aliphatic heterocycles. The van der Waals surface area contributed by atoms with Crippen molar-refractivity contribution in [2.45, 2.75) is 39.7 Å². The molecule has 1 heterocycles. The summed E-state index contributed by atoms with van der Waals surface area (Å²) >= 11 is 1.40. The van der Waals surface area contributed by atoms with E-state index in [1.54, 1.807) is 6.07 Å². The van der Waals surface area contributed by atoms with E-state index in [1.165, 1.54) is 11.3 Å². The second kappa shape index (κ2) is 6.25. The summed E-state index contributed by atoms with van der Waals surface area (Å²) in [4.78, 5) is 0. The van der Waals surface area contributed by atoms with Gasteiger partial charge in [0.25, 0.3) is 0 Å². The lowest BCUT2D eigenvalue weighted by atomic mass is 9.76. The van der Waals surface area contributed by atoms with E-state index in [1.807, 2.05) is 45.2 Å². The number of halogens is 1. The van der Waals surface area contributed by atoms with Crippen LogP contribution in [0.3, 0.4) is 0 Å². The van der Waals surface area contributed by atoms with Crippen molar-refractivity contribution in [1.29, 1.82) is 0 Å². The first-order valence-electron chi connectivity index (χ1n) is 6.93. The number of hydrogen-bond donors (Lipinski definition) is 0. The highest BCUT2D eigenvalue weighted by Crippen LogP contribution is 2.24. The lowest BCUT2D eigenvalue weighted by molar-refractivity contribution is 0.0704. The van der Waals surface area contributed by atoms with Gasteiger partial charge in [0.05, 0.1) is 4.70 Å². The zero-order chi connectivity index (χ0) is 14.8. The van der Waals surface area contributed by atoms with Crippen molar-refractivity contribution < 1.29 is 13.7 Å². The number of fused-ring (bicyclic) bond motifs is 1. The van der Waals surface area contributed by atoms with Gasteiger partial charge >= 0.3 is 7.12 Å². The van der Waals surface area contributed by atoms with Crippen molar-refractivity contribution in [3.05, 3.63) is 29.4 Å². The molecule has 0 aliphatic rings. The molecule has 0 N–H and O–H groups in total. The Hall–Kier alpha value is -0.905. The standard InChI is InChI=1S/C15H20BFO2S/c1-5-15(3,4)19-16(18-6-2)12-8-7-11-9-10-20-14(11)13(12)17/h7-10H,5-6H2,1-4H3. The maximum Gasteiger partial charge on any atom is 0.497 e. The zero-order valence-electron chi connectivity index (χ0n) is 12.4. The number of rotatable bonds is 6. The van der Waals surface area contributed by atoms with Gasteiger partial charge in [0.1, 0.15) is 5.82 Å². The van der Waals surface area contributed by atoms with E-state index in [2.05, 4.69) is 0 Å². The second-order valence-electron chi connectivity index (χ2n) is 5.33. The molecule has 0 spiro atoms. The van der Waals surface area contributed by atoms with E-state index in [0.717, 1.165) is 11.8 Å². The normalized spacial score (nSPS) is 12.1. The van der Waals surface area contributed by atoms with E-state index in [4.69, 9.17) is 9.31 Å². The predicted octanol–water partition coefficient (Wildman–Crippen LogP) is 3.98. The molecule has 1 aromatic heterocycles. The molecule has 20 heavy (non-hydrogen) atoms. The first-order valence-corrected chi connectivity index (χ1v) is 7.81. The van der Waals surface area contributed by atoms with Crippen LogP contribution in [0.1, 0.15) is 34.1 Å². The Morgan fingerprint density at radius 1 is 1.25 bits per heavy atom. The van der Waals surface area contributed by atoms with E-state index >= 15 is 0 Å². The van der Waals surface area contributed by atoms with Crippen LogP contribution in [0.4, 0.5) is 4.39 Å². The summed E-state index contributed by atoms with van der Waals surface area (Å²) in [5.41, 5.74) is 0.125. The molecule has 0 aliphatic carbocycles. The average molecular weight is 294 g/mol. The maximum absolute atomic E-state index is 14.6. The fourth-order valence-electron chi connectivity index (χ4n) is 1.91. The van der Waals surface area contributed by atoms with Crippen molar-refractivity contribution >= 4 is 34.0 Å². The fourth-order valence-corrected chi connectivity index (χ4v) is 2.75. The topological polar surface area (TPSA) is 18.5 Å². The van der Waals surface area contributed by atoms with Crippen molar-refractivity contribution in [3.8, 4) is 0 Å². The number of thiophene rings is 1.